The normalized spacial score (nSPS) is 14.9. The van der Waals surface area contributed by atoms with Crippen molar-refractivity contribution in [3.8, 4) is 5.88 Å². The summed E-state index contributed by atoms with van der Waals surface area (Å²) >= 11 is 0. The highest BCUT2D eigenvalue weighted by Crippen LogP contribution is 2.23. The van der Waals surface area contributed by atoms with Gasteiger partial charge in [0.25, 0.3) is 0 Å². The summed E-state index contributed by atoms with van der Waals surface area (Å²) in [6, 6.07) is 7.72. The lowest BCUT2D eigenvalue weighted by atomic mass is 10.2. The smallest absolute Gasteiger partial charge is 0.340 e. The summed E-state index contributed by atoms with van der Waals surface area (Å²) in [5, 5.41) is 0. The van der Waals surface area contributed by atoms with Gasteiger partial charge < -0.3 is 14.8 Å². The lowest BCUT2D eigenvalue weighted by Crippen LogP contribution is -2.21. The largest absolute Gasteiger partial charge is 0.383 e. The molecule has 0 saturated carbocycles. The maximum Gasteiger partial charge on any atom is 0.340 e. The Morgan fingerprint density at radius 3 is 2.43 bits per heavy atom. The van der Waals surface area contributed by atoms with Gasteiger partial charge in [-0.3, -0.25) is 0 Å². The Hall–Kier alpha value is -2.35. The molecule has 0 bridgehead atoms. The number of hydrogen-bond donors (Lipinski definition) is 1. The number of nitrogens with zero attached hydrogens (tertiary/aromatic N) is 3. The van der Waals surface area contributed by atoms with Gasteiger partial charge >= 0.3 is 10.1 Å². The monoisotopic (exact) mass is 334 g/mol. The van der Waals surface area contributed by atoms with Crippen LogP contribution in [0.15, 0.2) is 35.2 Å². The summed E-state index contributed by atoms with van der Waals surface area (Å²) in [6.45, 7) is 3.53. The molecule has 0 amide bonds. The van der Waals surface area contributed by atoms with Crippen molar-refractivity contribution in [2.24, 2.45) is 0 Å². The summed E-state index contributed by atoms with van der Waals surface area (Å²) in [7, 11) is -3.95. The third-order valence-corrected chi connectivity index (χ3v) is 4.84. The molecule has 1 aromatic heterocycles. The van der Waals surface area contributed by atoms with Gasteiger partial charge in [0.15, 0.2) is 0 Å². The fraction of sp³-hybridized carbons (Fsp3) is 0.333. The predicted molar refractivity (Wildman–Crippen MR) is 86.9 cm³/mol. The van der Waals surface area contributed by atoms with E-state index in [1.807, 2.05) is 11.8 Å². The first-order chi connectivity index (χ1) is 10.9. The summed E-state index contributed by atoms with van der Waals surface area (Å²) < 4.78 is 29.8. The van der Waals surface area contributed by atoms with Gasteiger partial charge in [0, 0.05) is 19.2 Å². The van der Waals surface area contributed by atoms with Crippen LogP contribution < -0.4 is 14.8 Å². The highest BCUT2D eigenvalue weighted by atomic mass is 32.2. The molecular formula is C15H18N4O3S. The minimum atomic E-state index is -3.95. The van der Waals surface area contributed by atoms with Gasteiger partial charge in [-0.05, 0) is 31.9 Å². The quantitative estimate of drug-likeness (QED) is 0.850. The van der Waals surface area contributed by atoms with E-state index in [9.17, 15) is 8.42 Å². The van der Waals surface area contributed by atoms with E-state index in [4.69, 9.17) is 9.92 Å². The molecule has 0 aliphatic carbocycles. The highest BCUT2D eigenvalue weighted by molar-refractivity contribution is 7.87. The number of benzene rings is 1. The molecular weight excluding hydrogens is 316 g/mol. The SMILES string of the molecule is Cc1ccc(S(=O)(=O)Oc2cc(N)nc(N3CCCC3)n2)cc1. The van der Waals surface area contributed by atoms with Crippen molar-refractivity contribution in [3.63, 3.8) is 0 Å². The van der Waals surface area contributed by atoms with Gasteiger partial charge in [-0.25, -0.2) is 0 Å². The first-order valence-corrected chi connectivity index (χ1v) is 8.75. The maximum atomic E-state index is 12.3. The average molecular weight is 334 g/mol. The van der Waals surface area contributed by atoms with E-state index >= 15 is 0 Å². The molecule has 0 atom stereocenters. The first-order valence-electron chi connectivity index (χ1n) is 7.35. The number of nitrogen functional groups attached to an aromatic ring is 1. The summed E-state index contributed by atoms with van der Waals surface area (Å²) in [6.07, 6.45) is 2.10. The molecule has 0 unspecified atom stereocenters. The van der Waals surface area contributed by atoms with Crippen LogP contribution >= 0.6 is 0 Å². The van der Waals surface area contributed by atoms with Gasteiger partial charge in [-0.1, -0.05) is 17.7 Å². The summed E-state index contributed by atoms with van der Waals surface area (Å²) in [5.41, 5.74) is 6.72. The molecule has 0 radical (unpaired) electrons. The second kappa shape index (κ2) is 6.04. The first kappa shape index (κ1) is 15.5. The van der Waals surface area contributed by atoms with Gasteiger partial charge in [0.1, 0.15) is 10.7 Å². The Bertz CT molecular complexity index is 800. The van der Waals surface area contributed by atoms with E-state index in [-0.39, 0.29) is 16.6 Å². The zero-order valence-corrected chi connectivity index (χ0v) is 13.6. The van der Waals surface area contributed by atoms with Crippen LogP contribution in [0, 0.1) is 6.92 Å². The molecule has 1 aromatic carbocycles. The fourth-order valence-corrected chi connectivity index (χ4v) is 3.27. The highest BCUT2D eigenvalue weighted by Gasteiger charge is 2.21. The molecule has 2 aromatic rings. The molecule has 2 N–H and O–H groups in total. The molecule has 7 nitrogen and oxygen atoms in total. The fourth-order valence-electron chi connectivity index (χ4n) is 2.40. The lowest BCUT2D eigenvalue weighted by molar-refractivity contribution is 0.475. The zero-order valence-electron chi connectivity index (χ0n) is 12.8. The second-order valence-electron chi connectivity index (χ2n) is 5.48. The third-order valence-electron chi connectivity index (χ3n) is 3.60. The Morgan fingerprint density at radius 2 is 1.78 bits per heavy atom. The van der Waals surface area contributed by atoms with Crippen LogP contribution in [-0.2, 0) is 10.1 Å². The van der Waals surface area contributed by atoms with Gasteiger partial charge in [0.05, 0.1) is 0 Å². The number of aromatic nitrogens is 2. The molecule has 0 spiro atoms. The molecule has 122 valence electrons. The second-order valence-corrected chi connectivity index (χ2v) is 7.02. The van der Waals surface area contributed by atoms with Crippen molar-refractivity contribution < 1.29 is 12.6 Å². The van der Waals surface area contributed by atoms with Crippen LogP contribution in [0.25, 0.3) is 0 Å². The van der Waals surface area contributed by atoms with Crippen LogP contribution in [0.3, 0.4) is 0 Å². The molecule has 2 heterocycles. The molecule has 23 heavy (non-hydrogen) atoms. The van der Waals surface area contributed by atoms with Crippen molar-refractivity contribution in [3.05, 3.63) is 35.9 Å². The van der Waals surface area contributed by atoms with Crippen LogP contribution in [0.4, 0.5) is 11.8 Å². The number of nitrogens with two attached hydrogens (primary N) is 1. The average Bonchev–Trinajstić information content (AvgIpc) is 3.00. The third kappa shape index (κ3) is 3.53. The van der Waals surface area contributed by atoms with E-state index in [0.717, 1.165) is 31.5 Å². The Labute approximate surface area is 135 Å². The van der Waals surface area contributed by atoms with Crippen molar-refractivity contribution in [1.29, 1.82) is 0 Å². The summed E-state index contributed by atoms with van der Waals surface area (Å²) in [5.74, 6) is 0.507. The topological polar surface area (TPSA) is 98.4 Å². The standard InChI is InChI=1S/C15H18N4O3S/c1-11-4-6-12(7-5-11)23(20,21)22-14-10-13(16)17-15(18-14)19-8-2-3-9-19/h4-7,10H,2-3,8-9H2,1H3,(H2,16,17,18). The van der Waals surface area contributed by atoms with Gasteiger partial charge in [-0.2, -0.15) is 18.4 Å². The molecule has 3 rings (SSSR count). The van der Waals surface area contributed by atoms with Crippen LogP contribution in [0.5, 0.6) is 5.88 Å². The molecule has 1 aliphatic heterocycles. The molecule has 1 saturated heterocycles. The predicted octanol–water partition coefficient (Wildman–Crippen LogP) is 1.74. The zero-order chi connectivity index (χ0) is 16.4. The molecule has 1 fully saturated rings. The van der Waals surface area contributed by atoms with E-state index < -0.39 is 10.1 Å². The number of hydrogen-bond acceptors (Lipinski definition) is 7. The van der Waals surface area contributed by atoms with Crippen molar-refractivity contribution >= 4 is 21.9 Å². The molecule has 8 heteroatoms. The summed E-state index contributed by atoms with van der Waals surface area (Å²) in [4.78, 5) is 10.4. The van der Waals surface area contributed by atoms with Crippen LogP contribution in [-0.4, -0.2) is 31.5 Å². The van der Waals surface area contributed by atoms with E-state index in [1.54, 1.807) is 12.1 Å². The van der Waals surface area contributed by atoms with Crippen LogP contribution in [0.2, 0.25) is 0 Å². The van der Waals surface area contributed by atoms with Crippen molar-refractivity contribution in [2.45, 2.75) is 24.7 Å². The van der Waals surface area contributed by atoms with Gasteiger partial charge in [-0.15, -0.1) is 0 Å². The van der Waals surface area contributed by atoms with Crippen LogP contribution in [0.1, 0.15) is 18.4 Å². The Balaban J connectivity index is 1.88. The Kier molecular flexibility index (Phi) is 4.08. The minimum Gasteiger partial charge on any atom is -0.383 e. The number of anilines is 2. The van der Waals surface area contributed by atoms with Crippen molar-refractivity contribution in [1.82, 2.24) is 9.97 Å². The minimum absolute atomic E-state index is 0.0695. The van der Waals surface area contributed by atoms with E-state index in [2.05, 4.69) is 9.97 Å². The van der Waals surface area contributed by atoms with E-state index in [0.29, 0.717) is 5.95 Å². The Morgan fingerprint density at radius 1 is 1.13 bits per heavy atom. The molecule has 1 aliphatic rings. The lowest BCUT2D eigenvalue weighted by Gasteiger charge is -2.16. The number of aryl methyl sites for hydroxylation is 1. The maximum absolute atomic E-state index is 12.3. The van der Waals surface area contributed by atoms with Gasteiger partial charge in [0.2, 0.25) is 11.8 Å². The number of rotatable bonds is 4. The van der Waals surface area contributed by atoms with E-state index in [1.165, 1.54) is 18.2 Å². The van der Waals surface area contributed by atoms with Crippen molar-refractivity contribution in [2.75, 3.05) is 23.7 Å².